The molecule has 0 saturated heterocycles. The third-order valence-electron chi connectivity index (χ3n) is 3.81. The molecule has 6 nitrogen and oxygen atoms in total. The van der Waals surface area contributed by atoms with E-state index >= 15 is 0 Å². The zero-order chi connectivity index (χ0) is 19.8. The summed E-state index contributed by atoms with van der Waals surface area (Å²) in [5.41, 5.74) is 3.04. The van der Waals surface area contributed by atoms with Gasteiger partial charge in [-0.15, -0.1) is 10.2 Å². The molecule has 0 aliphatic carbocycles. The minimum absolute atomic E-state index is 0.157. The maximum atomic E-state index is 12.0. The highest BCUT2D eigenvalue weighted by Crippen LogP contribution is 2.26. The van der Waals surface area contributed by atoms with Gasteiger partial charge in [0.05, 0.1) is 0 Å². The predicted molar refractivity (Wildman–Crippen MR) is 112 cm³/mol. The van der Waals surface area contributed by atoms with Crippen LogP contribution in [0.3, 0.4) is 0 Å². The van der Waals surface area contributed by atoms with E-state index in [1.807, 2.05) is 61.5 Å². The summed E-state index contributed by atoms with van der Waals surface area (Å²) in [6.07, 6.45) is 3.33. The second-order valence-electron chi connectivity index (χ2n) is 6.12. The summed E-state index contributed by atoms with van der Waals surface area (Å²) in [6, 6.07) is 17.5. The molecule has 1 aromatic heterocycles. The van der Waals surface area contributed by atoms with Gasteiger partial charge in [0.2, 0.25) is 16.9 Å². The molecule has 2 N–H and O–H groups in total. The van der Waals surface area contributed by atoms with Crippen LogP contribution in [-0.2, 0) is 9.59 Å². The third kappa shape index (κ3) is 5.85. The smallest absolute Gasteiger partial charge is 0.244 e. The first-order chi connectivity index (χ1) is 13.6. The molecule has 2 aromatic carbocycles. The highest BCUT2D eigenvalue weighted by Gasteiger charge is 2.10. The monoisotopic (exact) mass is 392 g/mol. The maximum Gasteiger partial charge on any atom is 0.244 e. The lowest BCUT2D eigenvalue weighted by Crippen LogP contribution is -2.26. The van der Waals surface area contributed by atoms with Crippen molar-refractivity contribution in [2.75, 3.05) is 11.9 Å². The summed E-state index contributed by atoms with van der Waals surface area (Å²) in [5.74, 6) is -0.464. The number of hydrogen-bond acceptors (Lipinski definition) is 5. The van der Waals surface area contributed by atoms with Crippen molar-refractivity contribution in [1.82, 2.24) is 15.5 Å². The largest absolute Gasteiger partial charge is 0.352 e. The Kier molecular flexibility index (Phi) is 6.64. The van der Waals surface area contributed by atoms with Crippen LogP contribution in [0.15, 0.2) is 60.7 Å². The molecule has 0 atom stereocenters. The fraction of sp³-hybridized carbons (Fsp3) is 0.143. The van der Waals surface area contributed by atoms with E-state index in [2.05, 4.69) is 20.8 Å². The van der Waals surface area contributed by atoms with Gasteiger partial charge in [0.15, 0.2) is 0 Å². The van der Waals surface area contributed by atoms with E-state index in [1.165, 1.54) is 17.4 Å². The Morgan fingerprint density at radius 1 is 1.07 bits per heavy atom. The van der Waals surface area contributed by atoms with Crippen molar-refractivity contribution >= 4 is 34.4 Å². The molecule has 3 rings (SSSR count). The number of benzene rings is 2. The highest BCUT2D eigenvalue weighted by molar-refractivity contribution is 7.18. The SMILES string of the molecule is Cc1cccc(-c2nnc(NC(=O)CCNC(=O)/C=C/c3ccccc3)s2)c1. The lowest BCUT2D eigenvalue weighted by atomic mass is 10.1. The summed E-state index contributed by atoms with van der Waals surface area (Å²) in [5, 5.41) is 14.7. The first-order valence-corrected chi connectivity index (χ1v) is 9.63. The maximum absolute atomic E-state index is 12.0. The number of aryl methyl sites for hydroxylation is 1. The van der Waals surface area contributed by atoms with Crippen LogP contribution in [0, 0.1) is 6.92 Å². The van der Waals surface area contributed by atoms with Crippen LogP contribution in [-0.4, -0.2) is 28.6 Å². The average Bonchev–Trinajstić information content (AvgIpc) is 3.15. The van der Waals surface area contributed by atoms with E-state index in [4.69, 9.17) is 0 Å². The van der Waals surface area contributed by atoms with Gasteiger partial charge in [-0.1, -0.05) is 65.4 Å². The summed E-state index contributed by atoms with van der Waals surface area (Å²) >= 11 is 1.32. The molecule has 28 heavy (non-hydrogen) atoms. The third-order valence-corrected chi connectivity index (χ3v) is 4.70. The number of nitrogens with zero attached hydrogens (tertiary/aromatic N) is 2. The van der Waals surface area contributed by atoms with Gasteiger partial charge in [0, 0.05) is 24.6 Å². The lowest BCUT2D eigenvalue weighted by molar-refractivity contribution is -0.117. The number of carbonyl (C=O) groups excluding carboxylic acids is 2. The minimum Gasteiger partial charge on any atom is -0.352 e. The molecular weight excluding hydrogens is 372 g/mol. The lowest BCUT2D eigenvalue weighted by Gasteiger charge is -2.02. The van der Waals surface area contributed by atoms with Crippen LogP contribution in [0.4, 0.5) is 5.13 Å². The summed E-state index contributed by atoms with van der Waals surface area (Å²) in [4.78, 5) is 23.8. The van der Waals surface area contributed by atoms with Crippen molar-refractivity contribution in [2.45, 2.75) is 13.3 Å². The normalized spacial score (nSPS) is 10.8. The molecule has 0 fully saturated rings. The number of anilines is 1. The van der Waals surface area contributed by atoms with Crippen LogP contribution in [0.2, 0.25) is 0 Å². The number of aromatic nitrogens is 2. The Morgan fingerprint density at radius 2 is 1.89 bits per heavy atom. The first kappa shape index (κ1) is 19.4. The van der Waals surface area contributed by atoms with Crippen molar-refractivity contribution < 1.29 is 9.59 Å². The Balaban J connectivity index is 1.43. The Hall–Kier alpha value is -3.32. The van der Waals surface area contributed by atoms with Crippen LogP contribution >= 0.6 is 11.3 Å². The molecule has 0 bridgehead atoms. The van der Waals surface area contributed by atoms with Gasteiger partial charge in [-0.25, -0.2) is 0 Å². The van der Waals surface area contributed by atoms with Crippen LogP contribution in [0.25, 0.3) is 16.6 Å². The zero-order valence-corrected chi connectivity index (χ0v) is 16.2. The number of nitrogens with one attached hydrogen (secondary N) is 2. The second-order valence-corrected chi connectivity index (χ2v) is 7.09. The molecule has 0 aliphatic rings. The number of rotatable bonds is 7. The Bertz CT molecular complexity index is 983. The van der Waals surface area contributed by atoms with E-state index in [-0.39, 0.29) is 24.8 Å². The fourth-order valence-corrected chi connectivity index (χ4v) is 3.20. The van der Waals surface area contributed by atoms with Crippen molar-refractivity contribution in [1.29, 1.82) is 0 Å². The molecule has 7 heteroatoms. The Labute approximate surface area is 167 Å². The molecule has 0 spiro atoms. The van der Waals surface area contributed by atoms with Crippen LogP contribution in [0.5, 0.6) is 0 Å². The van der Waals surface area contributed by atoms with Crippen molar-refractivity contribution in [3.05, 3.63) is 71.8 Å². The fourth-order valence-electron chi connectivity index (χ4n) is 2.44. The van der Waals surface area contributed by atoms with E-state index in [0.717, 1.165) is 21.7 Å². The summed E-state index contributed by atoms with van der Waals surface area (Å²) in [7, 11) is 0. The molecule has 142 valence electrons. The quantitative estimate of drug-likeness (QED) is 0.601. The van der Waals surface area contributed by atoms with Crippen molar-refractivity contribution in [2.24, 2.45) is 0 Å². The van der Waals surface area contributed by atoms with Crippen molar-refractivity contribution in [3.63, 3.8) is 0 Å². The Morgan fingerprint density at radius 3 is 2.68 bits per heavy atom. The van der Waals surface area contributed by atoms with Crippen molar-refractivity contribution in [3.8, 4) is 10.6 Å². The molecule has 0 unspecified atom stereocenters. The topological polar surface area (TPSA) is 84.0 Å². The summed E-state index contributed by atoms with van der Waals surface area (Å²) < 4.78 is 0. The number of hydrogen-bond donors (Lipinski definition) is 2. The molecule has 0 saturated carbocycles. The standard InChI is InChI=1S/C21H20N4O2S/c1-15-6-5-9-17(14-15)20-24-25-21(28-20)23-19(27)12-13-22-18(26)11-10-16-7-3-2-4-8-16/h2-11,14H,12-13H2,1H3,(H,22,26)(H,23,25,27)/b11-10+. The molecule has 0 aliphatic heterocycles. The zero-order valence-electron chi connectivity index (χ0n) is 15.4. The predicted octanol–water partition coefficient (Wildman–Crippen LogP) is 3.67. The van der Waals surface area contributed by atoms with Gasteiger partial charge < -0.3 is 10.6 Å². The molecule has 1 heterocycles. The van der Waals surface area contributed by atoms with Gasteiger partial charge in [-0.3, -0.25) is 9.59 Å². The van der Waals surface area contributed by atoms with E-state index in [1.54, 1.807) is 6.08 Å². The minimum atomic E-state index is -0.241. The molecular formula is C21H20N4O2S. The van der Waals surface area contributed by atoms with Gasteiger partial charge in [0.1, 0.15) is 5.01 Å². The second kappa shape index (κ2) is 9.57. The summed E-state index contributed by atoms with van der Waals surface area (Å²) in [6.45, 7) is 2.25. The van der Waals surface area contributed by atoms with Gasteiger partial charge in [0.25, 0.3) is 0 Å². The molecule has 2 amide bonds. The number of amides is 2. The van der Waals surface area contributed by atoms with Gasteiger partial charge in [-0.2, -0.15) is 0 Å². The van der Waals surface area contributed by atoms with Crippen LogP contribution < -0.4 is 10.6 Å². The number of carbonyl (C=O) groups is 2. The van der Waals surface area contributed by atoms with E-state index in [0.29, 0.717) is 5.13 Å². The highest BCUT2D eigenvalue weighted by atomic mass is 32.1. The first-order valence-electron chi connectivity index (χ1n) is 8.81. The molecule has 0 radical (unpaired) electrons. The van der Waals surface area contributed by atoms with Gasteiger partial charge in [-0.05, 0) is 24.6 Å². The van der Waals surface area contributed by atoms with E-state index in [9.17, 15) is 9.59 Å². The van der Waals surface area contributed by atoms with Gasteiger partial charge >= 0.3 is 0 Å². The van der Waals surface area contributed by atoms with Crippen LogP contribution in [0.1, 0.15) is 17.5 Å². The van der Waals surface area contributed by atoms with E-state index < -0.39 is 0 Å². The average molecular weight is 392 g/mol. The molecule has 3 aromatic rings.